The van der Waals surface area contributed by atoms with Crippen molar-refractivity contribution in [3.63, 3.8) is 0 Å². The van der Waals surface area contributed by atoms with Gasteiger partial charge in [0.25, 0.3) is 0 Å². The molecule has 0 unspecified atom stereocenters. The lowest BCUT2D eigenvalue weighted by molar-refractivity contribution is 0.415. The molecule has 0 aliphatic heterocycles. The second-order valence-electron chi connectivity index (χ2n) is 4.88. The molecule has 5 nitrogen and oxygen atoms in total. The number of hydrogen-bond donors (Lipinski definition) is 1. The summed E-state index contributed by atoms with van der Waals surface area (Å²) in [6, 6.07) is 9.58. The third-order valence-corrected chi connectivity index (χ3v) is 3.45. The van der Waals surface area contributed by atoms with Crippen molar-refractivity contribution >= 4 is 16.7 Å². The summed E-state index contributed by atoms with van der Waals surface area (Å²) < 4.78 is 7.43. The summed E-state index contributed by atoms with van der Waals surface area (Å²) in [5.41, 5.74) is 9.37. The van der Waals surface area contributed by atoms with Crippen LogP contribution in [0.25, 0.3) is 22.6 Å². The van der Waals surface area contributed by atoms with Crippen LogP contribution in [-0.2, 0) is 6.54 Å². The predicted molar refractivity (Wildman–Crippen MR) is 84.2 cm³/mol. The number of nitrogens with two attached hydrogens (primary N) is 1. The minimum Gasteiger partial charge on any atom is -0.497 e. The molecule has 2 N–H and O–H groups in total. The van der Waals surface area contributed by atoms with Crippen molar-refractivity contribution in [3.05, 3.63) is 36.5 Å². The third kappa shape index (κ3) is 2.31. The molecule has 0 spiro atoms. The van der Waals surface area contributed by atoms with Crippen LogP contribution in [0.5, 0.6) is 5.75 Å². The molecule has 0 radical (unpaired) electrons. The van der Waals surface area contributed by atoms with Crippen LogP contribution < -0.4 is 10.5 Å². The second kappa shape index (κ2) is 5.44. The van der Waals surface area contributed by atoms with Crippen molar-refractivity contribution in [2.24, 2.45) is 0 Å². The molecule has 0 aliphatic rings. The van der Waals surface area contributed by atoms with E-state index in [0.717, 1.165) is 41.3 Å². The average molecular weight is 282 g/mol. The summed E-state index contributed by atoms with van der Waals surface area (Å²) in [5.74, 6) is 1.60. The fraction of sp³-hybridized carbons (Fsp3) is 0.250. The van der Waals surface area contributed by atoms with Gasteiger partial charge in [0, 0.05) is 18.8 Å². The molecular weight excluding hydrogens is 264 g/mol. The lowest BCUT2D eigenvalue weighted by atomic mass is 10.2. The van der Waals surface area contributed by atoms with Crippen molar-refractivity contribution in [1.29, 1.82) is 0 Å². The molecule has 2 aromatic heterocycles. The van der Waals surface area contributed by atoms with Gasteiger partial charge in [-0.15, -0.1) is 0 Å². The first kappa shape index (κ1) is 13.4. The second-order valence-corrected chi connectivity index (χ2v) is 4.88. The van der Waals surface area contributed by atoms with E-state index in [-0.39, 0.29) is 0 Å². The summed E-state index contributed by atoms with van der Waals surface area (Å²) in [5, 5.41) is 0. The molecule has 3 aromatic rings. The van der Waals surface area contributed by atoms with Gasteiger partial charge in [-0.1, -0.05) is 6.92 Å². The third-order valence-electron chi connectivity index (χ3n) is 3.45. The number of nitrogen functional groups attached to an aromatic ring is 1. The lowest BCUT2D eigenvalue weighted by Gasteiger charge is -2.08. The Morgan fingerprint density at radius 1 is 1.29 bits per heavy atom. The Labute approximate surface area is 123 Å². The topological polar surface area (TPSA) is 66.0 Å². The molecule has 0 amide bonds. The van der Waals surface area contributed by atoms with Crippen LogP contribution in [0.2, 0.25) is 0 Å². The molecule has 0 aliphatic carbocycles. The number of benzene rings is 1. The van der Waals surface area contributed by atoms with Crippen LogP contribution in [0.15, 0.2) is 36.5 Å². The number of anilines is 1. The number of imidazole rings is 1. The van der Waals surface area contributed by atoms with Gasteiger partial charge in [0.1, 0.15) is 11.4 Å². The van der Waals surface area contributed by atoms with Gasteiger partial charge >= 0.3 is 0 Å². The van der Waals surface area contributed by atoms with E-state index in [1.54, 1.807) is 13.3 Å². The maximum absolute atomic E-state index is 6.06. The van der Waals surface area contributed by atoms with Crippen molar-refractivity contribution < 1.29 is 4.74 Å². The van der Waals surface area contributed by atoms with Crippen molar-refractivity contribution in [2.45, 2.75) is 19.9 Å². The zero-order valence-electron chi connectivity index (χ0n) is 12.2. The number of fused-ring (bicyclic) bond motifs is 1. The van der Waals surface area contributed by atoms with Crippen molar-refractivity contribution in [1.82, 2.24) is 14.5 Å². The highest BCUT2D eigenvalue weighted by molar-refractivity contribution is 5.83. The molecule has 0 saturated carbocycles. The first-order valence-corrected chi connectivity index (χ1v) is 6.99. The van der Waals surface area contributed by atoms with Crippen LogP contribution in [-0.4, -0.2) is 21.6 Å². The number of nitrogens with zero attached hydrogens (tertiary/aromatic N) is 3. The van der Waals surface area contributed by atoms with Gasteiger partial charge < -0.3 is 15.0 Å². The summed E-state index contributed by atoms with van der Waals surface area (Å²) in [6.07, 6.45) is 2.75. The quantitative estimate of drug-likeness (QED) is 0.798. The molecule has 0 atom stereocenters. The molecular formula is C16H18N4O. The maximum atomic E-state index is 6.06. The zero-order chi connectivity index (χ0) is 14.8. The van der Waals surface area contributed by atoms with E-state index >= 15 is 0 Å². The van der Waals surface area contributed by atoms with E-state index in [0.29, 0.717) is 5.69 Å². The number of methoxy groups -OCH3 is 1. The molecule has 108 valence electrons. The Morgan fingerprint density at radius 2 is 2.14 bits per heavy atom. The lowest BCUT2D eigenvalue weighted by Crippen LogP contribution is -2.03. The first-order valence-electron chi connectivity index (χ1n) is 6.99. The molecule has 0 saturated heterocycles. The number of hydrogen-bond acceptors (Lipinski definition) is 4. The Kier molecular flexibility index (Phi) is 3.48. The van der Waals surface area contributed by atoms with Crippen LogP contribution in [0.1, 0.15) is 13.3 Å². The number of pyridine rings is 1. The van der Waals surface area contributed by atoms with Crippen LogP contribution >= 0.6 is 0 Å². The number of aryl methyl sites for hydroxylation is 1. The van der Waals surface area contributed by atoms with Gasteiger partial charge in [0.05, 0.1) is 23.8 Å². The smallest absolute Gasteiger partial charge is 0.161 e. The normalized spacial score (nSPS) is 11.0. The van der Waals surface area contributed by atoms with Crippen molar-refractivity contribution in [3.8, 4) is 17.3 Å². The largest absolute Gasteiger partial charge is 0.497 e. The predicted octanol–water partition coefficient (Wildman–Crippen LogP) is 3.10. The van der Waals surface area contributed by atoms with Crippen molar-refractivity contribution in [2.75, 3.05) is 12.8 Å². The fourth-order valence-corrected chi connectivity index (χ4v) is 2.47. The number of rotatable bonds is 4. The highest BCUT2D eigenvalue weighted by Crippen LogP contribution is 2.29. The highest BCUT2D eigenvalue weighted by Gasteiger charge is 2.15. The molecule has 2 heterocycles. The Morgan fingerprint density at radius 3 is 2.86 bits per heavy atom. The molecule has 0 fully saturated rings. The van der Waals surface area contributed by atoms with E-state index in [2.05, 4.69) is 16.5 Å². The number of aromatic nitrogens is 3. The van der Waals surface area contributed by atoms with E-state index in [1.165, 1.54) is 0 Å². The minimum absolute atomic E-state index is 0.636. The van der Waals surface area contributed by atoms with E-state index in [1.807, 2.05) is 30.3 Å². The van der Waals surface area contributed by atoms with Crippen LogP contribution in [0.3, 0.4) is 0 Å². The van der Waals surface area contributed by atoms with Crippen LogP contribution in [0, 0.1) is 0 Å². The fourth-order valence-electron chi connectivity index (χ4n) is 2.47. The van der Waals surface area contributed by atoms with E-state index in [9.17, 15) is 0 Å². The first-order chi connectivity index (χ1) is 10.2. The van der Waals surface area contributed by atoms with Gasteiger partial charge in [0.2, 0.25) is 0 Å². The van der Waals surface area contributed by atoms with Gasteiger partial charge in [-0.05, 0) is 30.7 Å². The highest BCUT2D eigenvalue weighted by atomic mass is 16.5. The standard InChI is InChI=1S/C16H18N4O/c1-3-9-20-14-7-6-11(21-2)10-13(14)19-16(20)15-12(17)5-4-8-18-15/h4-8,10H,3,9,17H2,1-2H3. The Hall–Kier alpha value is -2.56. The monoisotopic (exact) mass is 282 g/mol. The summed E-state index contributed by atoms with van der Waals surface area (Å²) >= 11 is 0. The van der Waals surface area contributed by atoms with Gasteiger partial charge in [-0.2, -0.15) is 0 Å². The Balaban J connectivity index is 2.26. The van der Waals surface area contributed by atoms with Gasteiger partial charge in [-0.3, -0.25) is 4.98 Å². The summed E-state index contributed by atoms with van der Waals surface area (Å²) in [4.78, 5) is 9.10. The molecule has 3 rings (SSSR count). The van der Waals surface area contributed by atoms with E-state index in [4.69, 9.17) is 15.5 Å². The van der Waals surface area contributed by atoms with E-state index < -0.39 is 0 Å². The van der Waals surface area contributed by atoms with Gasteiger partial charge in [-0.25, -0.2) is 4.98 Å². The minimum atomic E-state index is 0.636. The Bertz CT molecular complexity index is 779. The average Bonchev–Trinajstić information content (AvgIpc) is 2.86. The summed E-state index contributed by atoms with van der Waals surface area (Å²) in [7, 11) is 1.65. The zero-order valence-corrected chi connectivity index (χ0v) is 12.2. The molecule has 0 bridgehead atoms. The molecule has 5 heteroatoms. The molecule has 21 heavy (non-hydrogen) atoms. The maximum Gasteiger partial charge on any atom is 0.161 e. The number of ether oxygens (including phenoxy) is 1. The van der Waals surface area contributed by atoms with Crippen LogP contribution in [0.4, 0.5) is 5.69 Å². The SMILES string of the molecule is CCCn1c(-c2ncccc2N)nc2cc(OC)ccc21. The van der Waals surface area contributed by atoms with Gasteiger partial charge in [0.15, 0.2) is 5.82 Å². The molecule has 1 aromatic carbocycles. The summed E-state index contributed by atoms with van der Waals surface area (Å²) in [6.45, 7) is 3.01.